The SMILES string of the molecule is COCCN(CCC(=O)NCc1ccco1)C(=O)c1cc(-c2ccccc2OC)on1. The molecule has 9 nitrogen and oxygen atoms in total. The van der Waals surface area contributed by atoms with Gasteiger partial charge in [-0.25, -0.2) is 0 Å². The van der Waals surface area contributed by atoms with E-state index in [0.717, 1.165) is 0 Å². The minimum atomic E-state index is -0.346. The second kappa shape index (κ2) is 11.0. The van der Waals surface area contributed by atoms with Crippen LogP contribution < -0.4 is 10.1 Å². The van der Waals surface area contributed by atoms with Crippen molar-refractivity contribution < 1.29 is 28.0 Å². The van der Waals surface area contributed by atoms with Crippen LogP contribution in [0.25, 0.3) is 11.3 Å². The van der Waals surface area contributed by atoms with Gasteiger partial charge in [0.1, 0.15) is 11.5 Å². The van der Waals surface area contributed by atoms with E-state index in [4.69, 9.17) is 18.4 Å². The number of furan rings is 1. The van der Waals surface area contributed by atoms with Crippen LogP contribution in [0, 0.1) is 0 Å². The van der Waals surface area contributed by atoms with Crippen molar-refractivity contribution in [1.82, 2.24) is 15.4 Å². The number of methoxy groups -OCH3 is 2. The fourth-order valence-corrected chi connectivity index (χ4v) is 2.95. The fraction of sp³-hybridized carbons (Fsp3) is 0.318. The van der Waals surface area contributed by atoms with Gasteiger partial charge in [-0.2, -0.15) is 0 Å². The number of hydrogen-bond donors (Lipinski definition) is 1. The van der Waals surface area contributed by atoms with Gasteiger partial charge in [-0.05, 0) is 24.3 Å². The maximum absolute atomic E-state index is 13.0. The molecule has 0 bridgehead atoms. The van der Waals surface area contributed by atoms with Crippen molar-refractivity contribution in [3.8, 4) is 17.1 Å². The summed E-state index contributed by atoms with van der Waals surface area (Å²) in [5.41, 5.74) is 0.838. The highest BCUT2D eigenvalue weighted by Crippen LogP contribution is 2.30. The summed E-state index contributed by atoms with van der Waals surface area (Å²) in [4.78, 5) is 26.7. The number of para-hydroxylation sites is 1. The lowest BCUT2D eigenvalue weighted by molar-refractivity contribution is -0.121. The van der Waals surface area contributed by atoms with Gasteiger partial charge in [0.2, 0.25) is 5.91 Å². The zero-order chi connectivity index (χ0) is 22.1. The summed E-state index contributed by atoms with van der Waals surface area (Å²) in [6.07, 6.45) is 1.68. The van der Waals surface area contributed by atoms with Crippen molar-refractivity contribution in [3.63, 3.8) is 0 Å². The topological polar surface area (TPSA) is 107 Å². The first-order chi connectivity index (χ1) is 15.1. The van der Waals surface area contributed by atoms with Crippen molar-refractivity contribution in [2.45, 2.75) is 13.0 Å². The smallest absolute Gasteiger partial charge is 0.276 e. The van der Waals surface area contributed by atoms with Crippen LogP contribution in [0.2, 0.25) is 0 Å². The highest BCUT2D eigenvalue weighted by molar-refractivity contribution is 5.93. The number of nitrogens with zero attached hydrogens (tertiary/aromatic N) is 2. The third-order valence-corrected chi connectivity index (χ3v) is 4.60. The van der Waals surface area contributed by atoms with Gasteiger partial charge in [0.05, 0.1) is 32.1 Å². The van der Waals surface area contributed by atoms with Crippen LogP contribution in [0.15, 0.2) is 57.7 Å². The number of amides is 2. The molecule has 0 atom stereocenters. The van der Waals surface area contributed by atoms with E-state index >= 15 is 0 Å². The molecule has 0 aliphatic rings. The molecule has 0 fully saturated rings. The van der Waals surface area contributed by atoms with Crippen molar-refractivity contribution in [3.05, 3.63) is 60.2 Å². The normalized spacial score (nSPS) is 10.6. The first-order valence-electron chi connectivity index (χ1n) is 9.79. The molecule has 0 unspecified atom stereocenters. The Balaban J connectivity index is 1.64. The Morgan fingerprint density at radius 1 is 1.13 bits per heavy atom. The monoisotopic (exact) mass is 427 g/mol. The van der Waals surface area contributed by atoms with E-state index in [9.17, 15) is 9.59 Å². The summed E-state index contributed by atoms with van der Waals surface area (Å²) in [5.74, 6) is 1.15. The van der Waals surface area contributed by atoms with Crippen LogP contribution in [0.5, 0.6) is 5.75 Å². The van der Waals surface area contributed by atoms with Gasteiger partial charge in [-0.1, -0.05) is 17.3 Å². The van der Waals surface area contributed by atoms with E-state index in [0.29, 0.717) is 42.5 Å². The molecule has 2 heterocycles. The second-order valence-electron chi connectivity index (χ2n) is 6.67. The summed E-state index contributed by atoms with van der Waals surface area (Å²) in [6, 6.07) is 12.4. The number of nitrogens with one attached hydrogen (secondary N) is 1. The number of carbonyl (C=O) groups is 2. The Hall–Kier alpha value is -3.59. The molecule has 1 N–H and O–H groups in total. The second-order valence-corrected chi connectivity index (χ2v) is 6.67. The van der Waals surface area contributed by atoms with E-state index in [1.165, 1.54) is 4.90 Å². The molecule has 0 radical (unpaired) electrons. The van der Waals surface area contributed by atoms with Gasteiger partial charge in [0.15, 0.2) is 11.5 Å². The van der Waals surface area contributed by atoms with Gasteiger partial charge in [-0.15, -0.1) is 0 Å². The Labute approximate surface area is 179 Å². The zero-order valence-corrected chi connectivity index (χ0v) is 17.5. The molecule has 164 valence electrons. The van der Waals surface area contributed by atoms with E-state index in [1.807, 2.05) is 18.2 Å². The van der Waals surface area contributed by atoms with Crippen LogP contribution >= 0.6 is 0 Å². The zero-order valence-electron chi connectivity index (χ0n) is 17.5. The maximum Gasteiger partial charge on any atom is 0.276 e. The molecule has 0 aliphatic heterocycles. The summed E-state index contributed by atoms with van der Waals surface area (Å²) in [6.45, 7) is 1.15. The largest absolute Gasteiger partial charge is 0.496 e. The number of benzene rings is 1. The van der Waals surface area contributed by atoms with Crippen molar-refractivity contribution in [1.29, 1.82) is 0 Å². The molecule has 1 aromatic carbocycles. The Kier molecular flexibility index (Phi) is 7.83. The van der Waals surface area contributed by atoms with Gasteiger partial charge in [-0.3, -0.25) is 9.59 Å². The summed E-state index contributed by atoms with van der Waals surface area (Å²) in [5, 5.41) is 6.68. The van der Waals surface area contributed by atoms with E-state index < -0.39 is 0 Å². The molecular formula is C22H25N3O6. The molecule has 9 heteroatoms. The maximum atomic E-state index is 13.0. The van der Waals surface area contributed by atoms with Crippen LogP contribution in [-0.4, -0.2) is 55.8 Å². The number of aromatic nitrogens is 1. The Bertz CT molecular complexity index is 983. The van der Waals surface area contributed by atoms with Crippen molar-refractivity contribution in [2.75, 3.05) is 33.9 Å². The lowest BCUT2D eigenvalue weighted by atomic mass is 10.1. The highest BCUT2D eigenvalue weighted by atomic mass is 16.5. The molecular weight excluding hydrogens is 402 g/mol. The molecule has 0 saturated heterocycles. The lowest BCUT2D eigenvalue weighted by Gasteiger charge is -2.20. The summed E-state index contributed by atoms with van der Waals surface area (Å²) in [7, 11) is 3.11. The minimum absolute atomic E-state index is 0.132. The van der Waals surface area contributed by atoms with Gasteiger partial charge < -0.3 is 28.6 Å². The van der Waals surface area contributed by atoms with Gasteiger partial charge in [0, 0.05) is 32.7 Å². The van der Waals surface area contributed by atoms with Crippen LogP contribution in [0.4, 0.5) is 0 Å². The number of carbonyl (C=O) groups excluding carboxylic acids is 2. The predicted molar refractivity (Wildman–Crippen MR) is 111 cm³/mol. The molecule has 31 heavy (non-hydrogen) atoms. The quantitative estimate of drug-likeness (QED) is 0.501. The van der Waals surface area contributed by atoms with E-state index in [2.05, 4.69) is 10.5 Å². The van der Waals surface area contributed by atoms with Crippen LogP contribution in [0.3, 0.4) is 0 Å². The molecule has 3 aromatic rings. The van der Waals surface area contributed by atoms with E-state index in [1.54, 1.807) is 44.7 Å². The summed E-state index contributed by atoms with van der Waals surface area (Å²) < 4.78 is 21.0. The number of hydrogen-bond acceptors (Lipinski definition) is 7. The highest BCUT2D eigenvalue weighted by Gasteiger charge is 2.22. The average molecular weight is 427 g/mol. The predicted octanol–water partition coefficient (Wildman–Crippen LogP) is 2.74. The first kappa shape index (κ1) is 22.1. The average Bonchev–Trinajstić information content (AvgIpc) is 3.49. The van der Waals surface area contributed by atoms with Gasteiger partial charge in [0.25, 0.3) is 5.91 Å². The molecule has 2 aromatic heterocycles. The first-order valence-corrected chi connectivity index (χ1v) is 9.79. The van der Waals surface area contributed by atoms with Crippen molar-refractivity contribution in [2.24, 2.45) is 0 Å². The number of ether oxygens (including phenoxy) is 2. The minimum Gasteiger partial charge on any atom is -0.496 e. The number of rotatable bonds is 11. The molecule has 0 aliphatic carbocycles. The molecule has 2 amide bonds. The van der Waals surface area contributed by atoms with Crippen LogP contribution in [-0.2, 0) is 16.1 Å². The standard InChI is InChI=1S/C22H25N3O6/c1-28-13-11-25(10-9-21(26)23-15-16-6-5-12-30-16)22(27)18-14-20(31-24-18)17-7-3-4-8-19(17)29-2/h3-8,12,14H,9-11,13,15H2,1-2H3,(H,23,26). The Morgan fingerprint density at radius 2 is 1.97 bits per heavy atom. The third kappa shape index (κ3) is 5.95. The molecule has 0 saturated carbocycles. The molecule has 0 spiro atoms. The van der Waals surface area contributed by atoms with Crippen molar-refractivity contribution >= 4 is 11.8 Å². The third-order valence-electron chi connectivity index (χ3n) is 4.60. The van der Waals surface area contributed by atoms with Crippen LogP contribution in [0.1, 0.15) is 22.7 Å². The Morgan fingerprint density at radius 3 is 2.71 bits per heavy atom. The summed E-state index contributed by atoms with van der Waals surface area (Å²) >= 11 is 0. The lowest BCUT2D eigenvalue weighted by Crippen LogP contribution is -2.37. The molecule has 3 rings (SSSR count). The van der Waals surface area contributed by atoms with Gasteiger partial charge >= 0.3 is 0 Å². The van der Waals surface area contributed by atoms with E-state index in [-0.39, 0.29) is 30.5 Å². The fourth-order valence-electron chi connectivity index (χ4n) is 2.95.